The Balaban J connectivity index is 2.44. The molecular formula is C10H10N2O2. The molecule has 1 aliphatic heterocycles. The van der Waals surface area contributed by atoms with Crippen molar-refractivity contribution in [2.75, 3.05) is 7.05 Å². The molecule has 4 heteroatoms. The summed E-state index contributed by atoms with van der Waals surface area (Å²) in [5.41, 5.74) is -0.754. The summed E-state index contributed by atoms with van der Waals surface area (Å²) in [6.45, 7) is 0. The van der Waals surface area contributed by atoms with Gasteiger partial charge in [0.2, 0.25) is 5.91 Å². The molecule has 2 heterocycles. The molecule has 0 aromatic carbocycles. The smallest absolute Gasteiger partial charge is 0.248 e. The number of hydrogen-bond donors (Lipinski definition) is 1. The van der Waals surface area contributed by atoms with Crippen LogP contribution in [-0.4, -0.2) is 27.9 Å². The fourth-order valence-electron chi connectivity index (χ4n) is 1.45. The summed E-state index contributed by atoms with van der Waals surface area (Å²) in [5, 5.41) is 10.2. The maximum atomic E-state index is 11.2. The number of pyridine rings is 1. The molecule has 0 aliphatic carbocycles. The lowest BCUT2D eigenvalue weighted by Crippen LogP contribution is -2.40. The van der Waals surface area contributed by atoms with Crippen LogP contribution in [0, 0.1) is 0 Å². The molecule has 72 valence electrons. The average molecular weight is 190 g/mol. The van der Waals surface area contributed by atoms with Gasteiger partial charge in [0.05, 0.1) is 0 Å². The van der Waals surface area contributed by atoms with E-state index < -0.39 is 5.72 Å². The third-order valence-electron chi connectivity index (χ3n) is 2.39. The first-order chi connectivity index (χ1) is 6.64. The van der Waals surface area contributed by atoms with Crippen molar-refractivity contribution in [3.63, 3.8) is 0 Å². The summed E-state index contributed by atoms with van der Waals surface area (Å²) in [6, 6.07) is 3.45. The lowest BCUT2D eigenvalue weighted by Gasteiger charge is -2.29. The fourth-order valence-corrected chi connectivity index (χ4v) is 1.45. The van der Waals surface area contributed by atoms with Gasteiger partial charge >= 0.3 is 0 Å². The van der Waals surface area contributed by atoms with E-state index in [2.05, 4.69) is 4.98 Å². The molecule has 1 aliphatic rings. The molecule has 2 rings (SSSR count). The zero-order valence-electron chi connectivity index (χ0n) is 7.71. The highest BCUT2D eigenvalue weighted by Gasteiger charge is 2.38. The normalized spacial score (nSPS) is 25.9. The van der Waals surface area contributed by atoms with Gasteiger partial charge in [-0.1, -0.05) is 6.07 Å². The van der Waals surface area contributed by atoms with E-state index >= 15 is 0 Å². The van der Waals surface area contributed by atoms with Crippen LogP contribution in [-0.2, 0) is 10.5 Å². The summed E-state index contributed by atoms with van der Waals surface area (Å²) >= 11 is 0. The van der Waals surface area contributed by atoms with E-state index in [-0.39, 0.29) is 5.91 Å². The predicted molar refractivity (Wildman–Crippen MR) is 50.0 cm³/mol. The highest BCUT2D eigenvalue weighted by Crippen LogP contribution is 2.29. The Kier molecular flexibility index (Phi) is 1.86. The van der Waals surface area contributed by atoms with Crippen LogP contribution < -0.4 is 0 Å². The molecule has 1 aromatic rings. The third-order valence-corrected chi connectivity index (χ3v) is 2.39. The number of amides is 1. The second kappa shape index (κ2) is 2.92. The number of carbonyl (C=O) groups excluding carboxylic acids is 1. The summed E-state index contributed by atoms with van der Waals surface area (Å²) in [7, 11) is 1.55. The Morgan fingerprint density at radius 1 is 1.57 bits per heavy atom. The van der Waals surface area contributed by atoms with Crippen LogP contribution in [0.4, 0.5) is 0 Å². The van der Waals surface area contributed by atoms with Crippen molar-refractivity contribution in [3.05, 3.63) is 42.2 Å². The van der Waals surface area contributed by atoms with Gasteiger partial charge < -0.3 is 10.0 Å². The zero-order chi connectivity index (χ0) is 10.2. The van der Waals surface area contributed by atoms with E-state index in [4.69, 9.17) is 0 Å². The molecule has 0 bridgehead atoms. The van der Waals surface area contributed by atoms with Gasteiger partial charge in [0, 0.05) is 31.1 Å². The second-order valence-electron chi connectivity index (χ2n) is 3.20. The summed E-state index contributed by atoms with van der Waals surface area (Å²) in [5.74, 6) is -0.212. The molecule has 0 saturated carbocycles. The average Bonchev–Trinajstić information content (AvgIpc) is 2.49. The summed E-state index contributed by atoms with van der Waals surface area (Å²) in [4.78, 5) is 16.4. The first-order valence-electron chi connectivity index (χ1n) is 4.24. The van der Waals surface area contributed by atoms with Crippen molar-refractivity contribution in [1.29, 1.82) is 0 Å². The molecule has 1 aromatic heterocycles. The molecular weight excluding hydrogens is 180 g/mol. The Hall–Kier alpha value is -1.68. The third kappa shape index (κ3) is 1.12. The number of likely N-dealkylation sites (N-methyl/N-ethyl adjacent to an activating group) is 1. The van der Waals surface area contributed by atoms with E-state index in [9.17, 15) is 9.90 Å². The largest absolute Gasteiger partial charge is 0.363 e. The molecule has 1 amide bonds. The zero-order valence-corrected chi connectivity index (χ0v) is 7.71. The minimum Gasteiger partial charge on any atom is -0.363 e. The van der Waals surface area contributed by atoms with Crippen molar-refractivity contribution in [2.45, 2.75) is 5.72 Å². The van der Waals surface area contributed by atoms with Crippen molar-refractivity contribution in [2.24, 2.45) is 0 Å². The van der Waals surface area contributed by atoms with E-state index in [1.807, 2.05) is 0 Å². The second-order valence-corrected chi connectivity index (χ2v) is 3.20. The molecule has 0 radical (unpaired) electrons. The van der Waals surface area contributed by atoms with Gasteiger partial charge in [0.15, 0.2) is 5.72 Å². The minimum atomic E-state index is -1.34. The van der Waals surface area contributed by atoms with Crippen molar-refractivity contribution >= 4 is 5.91 Å². The molecule has 0 spiro atoms. The number of nitrogens with zero attached hydrogens (tertiary/aromatic N) is 2. The van der Waals surface area contributed by atoms with Crippen LogP contribution in [0.2, 0.25) is 0 Å². The van der Waals surface area contributed by atoms with Gasteiger partial charge in [0.1, 0.15) is 0 Å². The van der Waals surface area contributed by atoms with Crippen molar-refractivity contribution in [3.8, 4) is 0 Å². The van der Waals surface area contributed by atoms with E-state index in [1.165, 1.54) is 17.1 Å². The Labute approximate surface area is 81.5 Å². The predicted octanol–water partition coefficient (Wildman–Crippen LogP) is 0.255. The van der Waals surface area contributed by atoms with Crippen LogP contribution in [0.1, 0.15) is 5.56 Å². The van der Waals surface area contributed by atoms with E-state index in [0.717, 1.165) is 0 Å². The quantitative estimate of drug-likeness (QED) is 0.690. The van der Waals surface area contributed by atoms with Gasteiger partial charge in [0.25, 0.3) is 0 Å². The van der Waals surface area contributed by atoms with Gasteiger partial charge in [-0.15, -0.1) is 0 Å². The monoisotopic (exact) mass is 190 g/mol. The standard InChI is InChI=1S/C10H10N2O2/c1-12-9(13)4-5-10(12,14)8-3-2-6-11-7-8/h2-7,14H,1H3. The van der Waals surface area contributed by atoms with Gasteiger partial charge in [-0.05, 0) is 12.1 Å². The van der Waals surface area contributed by atoms with Crippen LogP contribution in [0.5, 0.6) is 0 Å². The molecule has 0 fully saturated rings. The molecule has 1 atom stereocenters. The maximum Gasteiger partial charge on any atom is 0.248 e. The molecule has 4 nitrogen and oxygen atoms in total. The summed E-state index contributed by atoms with van der Waals surface area (Å²) < 4.78 is 0. The number of carbonyl (C=O) groups is 1. The first kappa shape index (κ1) is 8.90. The molecule has 1 N–H and O–H groups in total. The topological polar surface area (TPSA) is 53.4 Å². The van der Waals surface area contributed by atoms with E-state index in [1.54, 1.807) is 31.6 Å². The number of aliphatic hydroxyl groups is 1. The highest BCUT2D eigenvalue weighted by molar-refractivity contribution is 5.91. The van der Waals surface area contributed by atoms with Gasteiger partial charge in [-0.2, -0.15) is 0 Å². The lowest BCUT2D eigenvalue weighted by molar-refractivity contribution is -0.139. The molecule has 1 unspecified atom stereocenters. The van der Waals surface area contributed by atoms with Gasteiger partial charge in [-0.25, -0.2) is 0 Å². The minimum absolute atomic E-state index is 0.212. The van der Waals surface area contributed by atoms with Crippen molar-refractivity contribution < 1.29 is 9.90 Å². The maximum absolute atomic E-state index is 11.2. The molecule has 0 saturated heterocycles. The van der Waals surface area contributed by atoms with Gasteiger partial charge in [-0.3, -0.25) is 9.78 Å². The number of hydrogen-bond acceptors (Lipinski definition) is 3. The van der Waals surface area contributed by atoms with Crippen LogP contribution in [0.15, 0.2) is 36.7 Å². The first-order valence-corrected chi connectivity index (χ1v) is 4.24. The van der Waals surface area contributed by atoms with Crippen LogP contribution >= 0.6 is 0 Å². The van der Waals surface area contributed by atoms with Crippen molar-refractivity contribution in [1.82, 2.24) is 9.88 Å². The number of aromatic nitrogens is 1. The molecule has 14 heavy (non-hydrogen) atoms. The lowest BCUT2D eigenvalue weighted by atomic mass is 10.1. The Morgan fingerprint density at radius 3 is 2.86 bits per heavy atom. The fraction of sp³-hybridized carbons (Fsp3) is 0.200. The Bertz CT molecular complexity index is 388. The van der Waals surface area contributed by atoms with E-state index in [0.29, 0.717) is 5.56 Å². The SMILES string of the molecule is CN1C(=O)C=CC1(O)c1cccnc1. The highest BCUT2D eigenvalue weighted by atomic mass is 16.3. The number of rotatable bonds is 1. The van der Waals surface area contributed by atoms with Crippen LogP contribution in [0.3, 0.4) is 0 Å². The van der Waals surface area contributed by atoms with Crippen LogP contribution in [0.25, 0.3) is 0 Å². The Morgan fingerprint density at radius 2 is 2.36 bits per heavy atom. The summed E-state index contributed by atoms with van der Waals surface area (Å²) in [6.07, 6.45) is 5.98.